The number of aliphatic hydroxyl groups excluding tert-OH is 1. The van der Waals surface area contributed by atoms with Gasteiger partial charge in [-0.3, -0.25) is 4.79 Å². The Morgan fingerprint density at radius 3 is 2.56 bits per heavy atom. The van der Waals surface area contributed by atoms with Crippen LogP contribution in [-0.4, -0.2) is 43.1 Å². The first-order chi connectivity index (χ1) is 7.39. The minimum Gasteiger partial charge on any atom is -0.394 e. The third-order valence-corrected chi connectivity index (χ3v) is 1.82. The highest BCUT2D eigenvalue weighted by Crippen LogP contribution is 2.14. The molecule has 0 saturated heterocycles. The van der Waals surface area contributed by atoms with Gasteiger partial charge in [0.15, 0.2) is 0 Å². The lowest BCUT2D eigenvalue weighted by Gasteiger charge is -2.14. The molecule has 0 aliphatic rings. The Morgan fingerprint density at radius 2 is 2.12 bits per heavy atom. The fraction of sp³-hybridized carbons (Fsp3) is 0.889. The van der Waals surface area contributed by atoms with E-state index in [1.807, 2.05) is 0 Å². The number of rotatable bonds is 7. The highest BCUT2D eigenvalue weighted by Gasteiger charge is 2.27. The predicted molar refractivity (Wildman–Crippen MR) is 50.8 cm³/mol. The molecule has 0 aliphatic heterocycles. The monoisotopic (exact) mass is 243 g/mol. The van der Waals surface area contributed by atoms with Crippen LogP contribution in [0.3, 0.4) is 0 Å². The van der Waals surface area contributed by atoms with Crippen LogP contribution >= 0.6 is 0 Å². The molecule has 1 unspecified atom stereocenters. The van der Waals surface area contributed by atoms with E-state index in [0.29, 0.717) is 6.42 Å². The summed E-state index contributed by atoms with van der Waals surface area (Å²) in [4.78, 5) is 11.1. The van der Waals surface area contributed by atoms with Gasteiger partial charge in [-0.1, -0.05) is 6.92 Å². The third kappa shape index (κ3) is 8.49. The molecule has 0 fully saturated rings. The van der Waals surface area contributed by atoms with Crippen LogP contribution in [0.4, 0.5) is 13.2 Å². The molecule has 0 heterocycles. The molecule has 0 aromatic carbocycles. The minimum atomic E-state index is -4.37. The van der Waals surface area contributed by atoms with E-state index in [1.165, 1.54) is 0 Å². The maximum Gasteiger partial charge on any atom is 0.411 e. The van der Waals surface area contributed by atoms with Gasteiger partial charge in [0.2, 0.25) is 5.91 Å². The molecular formula is C9H16F3NO3. The zero-order valence-corrected chi connectivity index (χ0v) is 9.01. The van der Waals surface area contributed by atoms with Crippen molar-refractivity contribution in [3.05, 3.63) is 0 Å². The average molecular weight is 243 g/mol. The summed E-state index contributed by atoms with van der Waals surface area (Å²) in [5, 5.41) is 11.2. The third-order valence-electron chi connectivity index (χ3n) is 1.82. The quantitative estimate of drug-likeness (QED) is 0.651. The molecule has 0 rings (SSSR count). The van der Waals surface area contributed by atoms with Crippen LogP contribution in [0.25, 0.3) is 0 Å². The Bertz CT molecular complexity index is 205. The van der Waals surface area contributed by atoms with Crippen molar-refractivity contribution in [3.8, 4) is 0 Å². The number of amides is 1. The molecule has 16 heavy (non-hydrogen) atoms. The average Bonchev–Trinajstić information content (AvgIpc) is 2.19. The topological polar surface area (TPSA) is 58.6 Å². The maximum atomic E-state index is 11.6. The first kappa shape index (κ1) is 15.2. The van der Waals surface area contributed by atoms with Crippen LogP contribution in [0.1, 0.15) is 19.8 Å². The molecular weight excluding hydrogens is 227 g/mol. The normalized spacial score (nSPS) is 13.6. The summed E-state index contributed by atoms with van der Waals surface area (Å²) >= 11 is 0. The van der Waals surface area contributed by atoms with Crippen molar-refractivity contribution < 1.29 is 27.8 Å². The Hall–Kier alpha value is -0.820. The molecule has 0 bridgehead atoms. The molecule has 4 nitrogen and oxygen atoms in total. The van der Waals surface area contributed by atoms with Crippen LogP contribution in [0.2, 0.25) is 0 Å². The van der Waals surface area contributed by atoms with Crippen molar-refractivity contribution in [2.75, 3.05) is 19.8 Å². The Morgan fingerprint density at radius 1 is 1.50 bits per heavy atom. The van der Waals surface area contributed by atoms with E-state index in [4.69, 9.17) is 5.11 Å². The van der Waals surface area contributed by atoms with Crippen molar-refractivity contribution in [2.45, 2.75) is 32.0 Å². The highest BCUT2D eigenvalue weighted by molar-refractivity contribution is 5.76. The zero-order chi connectivity index (χ0) is 12.6. The van der Waals surface area contributed by atoms with Crippen LogP contribution in [0.15, 0.2) is 0 Å². The number of nitrogens with one attached hydrogen (secondary N) is 1. The lowest BCUT2D eigenvalue weighted by Crippen LogP contribution is -2.37. The molecule has 96 valence electrons. The fourth-order valence-electron chi connectivity index (χ4n) is 0.929. The lowest BCUT2D eigenvalue weighted by molar-refractivity contribution is -0.174. The molecule has 0 saturated carbocycles. The molecule has 0 aliphatic carbocycles. The number of hydrogen-bond donors (Lipinski definition) is 2. The predicted octanol–water partition coefficient (Wildman–Crippen LogP) is 0.843. The van der Waals surface area contributed by atoms with Gasteiger partial charge in [0.05, 0.1) is 19.3 Å². The second-order valence-electron chi connectivity index (χ2n) is 3.27. The number of halogens is 3. The van der Waals surface area contributed by atoms with Gasteiger partial charge in [-0.2, -0.15) is 13.2 Å². The van der Waals surface area contributed by atoms with E-state index in [1.54, 1.807) is 6.92 Å². The Kier molecular flexibility index (Phi) is 7.07. The molecule has 0 aromatic heterocycles. The van der Waals surface area contributed by atoms with E-state index >= 15 is 0 Å². The summed E-state index contributed by atoms with van der Waals surface area (Å²) in [7, 11) is 0. The maximum absolute atomic E-state index is 11.6. The van der Waals surface area contributed by atoms with Crippen molar-refractivity contribution in [1.82, 2.24) is 5.32 Å². The van der Waals surface area contributed by atoms with Crippen LogP contribution in [0, 0.1) is 0 Å². The summed E-state index contributed by atoms with van der Waals surface area (Å²) in [6.07, 6.45) is -3.95. The first-order valence-corrected chi connectivity index (χ1v) is 4.93. The van der Waals surface area contributed by atoms with Gasteiger partial charge < -0.3 is 15.2 Å². The smallest absolute Gasteiger partial charge is 0.394 e. The number of carbonyl (C=O) groups is 1. The number of carbonyl (C=O) groups excluding carboxylic acids is 1. The number of ether oxygens (including phenoxy) is 1. The molecule has 0 spiro atoms. The van der Waals surface area contributed by atoms with Crippen LogP contribution in [0.5, 0.6) is 0 Å². The molecule has 1 atom stereocenters. The number of alkyl halides is 3. The first-order valence-electron chi connectivity index (χ1n) is 4.93. The van der Waals surface area contributed by atoms with Crippen LogP contribution in [-0.2, 0) is 9.53 Å². The van der Waals surface area contributed by atoms with Crippen LogP contribution < -0.4 is 5.32 Å². The summed E-state index contributed by atoms with van der Waals surface area (Å²) in [6.45, 7) is -0.0440. The molecule has 2 N–H and O–H groups in total. The van der Waals surface area contributed by atoms with Crippen molar-refractivity contribution >= 4 is 5.91 Å². The second kappa shape index (κ2) is 7.45. The summed E-state index contributed by atoms with van der Waals surface area (Å²) < 4.78 is 39.2. The SMILES string of the molecule is CCC(CO)NC(=O)CCOCC(F)(F)F. The van der Waals surface area contributed by atoms with E-state index in [-0.39, 0.29) is 25.7 Å². The van der Waals surface area contributed by atoms with Gasteiger partial charge in [0.25, 0.3) is 0 Å². The highest BCUT2D eigenvalue weighted by atomic mass is 19.4. The van der Waals surface area contributed by atoms with Gasteiger partial charge in [0, 0.05) is 6.42 Å². The second-order valence-corrected chi connectivity index (χ2v) is 3.27. The van der Waals surface area contributed by atoms with Gasteiger partial charge in [-0.15, -0.1) is 0 Å². The van der Waals surface area contributed by atoms with Crippen molar-refractivity contribution in [3.63, 3.8) is 0 Å². The van der Waals surface area contributed by atoms with Gasteiger partial charge in [-0.05, 0) is 6.42 Å². The zero-order valence-electron chi connectivity index (χ0n) is 9.01. The van der Waals surface area contributed by atoms with E-state index in [9.17, 15) is 18.0 Å². The lowest BCUT2D eigenvalue weighted by atomic mass is 10.2. The molecule has 7 heteroatoms. The summed E-state index contributed by atoms with van der Waals surface area (Å²) in [5.74, 6) is -0.428. The van der Waals surface area contributed by atoms with Gasteiger partial charge in [-0.25, -0.2) is 0 Å². The van der Waals surface area contributed by atoms with Gasteiger partial charge in [0.1, 0.15) is 6.61 Å². The van der Waals surface area contributed by atoms with E-state index in [0.717, 1.165) is 0 Å². The van der Waals surface area contributed by atoms with Crippen molar-refractivity contribution in [2.24, 2.45) is 0 Å². The largest absolute Gasteiger partial charge is 0.411 e. The van der Waals surface area contributed by atoms with E-state index < -0.39 is 18.7 Å². The van der Waals surface area contributed by atoms with E-state index in [2.05, 4.69) is 10.1 Å². The van der Waals surface area contributed by atoms with Gasteiger partial charge >= 0.3 is 6.18 Å². The number of aliphatic hydroxyl groups is 1. The molecule has 0 radical (unpaired) electrons. The van der Waals surface area contributed by atoms with Crippen molar-refractivity contribution in [1.29, 1.82) is 0 Å². The fourth-order valence-corrected chi connectivity index (χ4v) is 0.929. The Labute approximate surface area is 91.8 Å². The summed E-state index contributed by atoms with van der Waals surface area (Å²) in [5.41, 5.74) is 0. The minimum absolute atomic E-state index is 0.146. The standard InChI is InChI=1S/C9H16F3NO3/c1-2-7(5-14)13-8(15)3-4-16-6-9(10,11)12/h7,14H,2-6H2,1H3,(H,13,15). The summed E-state index contributed by atoms with van der Waals surface area (Å²) in [6, 6.07) is -0.352. The Balaban J connectivity index is 3.58. The molecule has 1 amide bonds. The number of hydrogen-bond acceptors (Lipinski definition) is 3. The molecule has 0 aromatic rings.